The average molecular weight is 245 g/mol. The van der Waals surface area contributed by atoms with Crippen molar-refractivity contribution in [3.8, 4) is 0 Å². The number of sulfone groups is 1. The molecule has 1 saturated heterocycles. The van der Waals surface area contributed by atoms with Crippen LogP contribution in [-0.4, -0.2) is 36.0 Å². The number of aromatic nitrogens is 1. The highest BCUT2D eigenvalue weighted by atomic mass is 32.2. The zero-order valence-electron chi connectivity index (χ0n) is 8.42. The van der Waals surface area contributed by atoms with E-state index >= 15 is 0 Å². The molecule has 88 valence electrons. The molecule has 6 nitrogen and oxygen atoms in total. The van der Waals surface area contributed by atoms with E-state index in [2.05, 4.69) is 4.98 Å². The average Bonchev–Trinajstić information content (AvgIpc) is 2.66. The number of nitrogens with zero attached hydrogens (tertiary/aromatic N) is 1. The first-order valence-corrected chi connectivity index (χ1v) is 6.69. The molecule has 0 aromatic carbocycles. The normalized spacial score (nSPS) is 20.8. The summed E-state index contributed by atoms with van der Waals surface area (Å²) in [7, 11) is -2.95. The van der Waals surface area contributed by atoms with Crippen LogP contribution in [0, 0.1) is 0 Å². The van der Waals surface area contributed by atoms with Crippen LogP contribution in [0.5, 0.6) is 0 Å². The molecule has 1 aliphatic heterocycles. The maximum atomic E-state index is 11.2. The molecule has 0 amide bonds. The van der Waals surface area contributed by atoms with Crippen LogP contribution >= 0.6 is 0 Å². The molecule has 0 spiro atoms. The van der Waals surface area contributed by atoms with Crippen LogP contribution in [-0.2, 0) is 9.84 Å². The first-order valence-electron chi connectivity index (χ1n) is 4.87. The Labute approximate surface area is 92.2 Å². The number of carbonyl (C=O) groups is 1. The van der Waals surface area contributed by atoms with Gasteiger partial charge in [-0.25, -0.2) is 18.2 Å². The molecule has 0 bridgehead atoms. The molecule has 1 fully saturated rings. The highest BCUT2D eigenvalue weighted by Gasteiger charge is 2.30. The Bertz CT molecular complexity index is 490. The Morgan fingerprint density at radius 3 is 2.62 bits per heavy atom. The third-order valence-electron chi connectivity index (χ3n) is 2.73. The third kappa shape index (κ3) is 2.08. The van der Waals surface area contributed by atoms with Crippen LogP contribution in [0.25, 0.3) is 0 Å². The van der Waals surface area contributed by atoms with Crippen LogP contribution in [0.2, 0.25) is 0 Å². The predicted molar refractivity (Wildman–Crippen MR) is 54.1 cm³/mol. The Morgan fingerprint density at radius 1 is 1.44 bits per heavy atom. The van der Waals surface area contributed by atoms with Crippen molar-refractivity contribution in [2.24, 2.45) is 0 Å². The van der Waals surface area contributed by atoms with Gasteiger partial charge in [0, 0.05) is 5.92 Å². The van der Waals surface area contributed by atoms with Gasteiger partial charge in [0.1, 0.15) is 9.84 Å². The molecule has 0 unspecified atom stereocenters. The van der Waals surface area contributed by atoms with Crippen LogP contribution in [0.1, 0.15) is 35.0 Å². The number of aromatic carboxylic acids is 1. The summed E-state index contributed by atoms with van der Waals surface area (Å²) >= 11 is 0. The topological polar surface area (TPSA) is 97.5 Å². The van der Waals surface area contributed by atoms with Crippen molar-refractivity contribution in [3.05, 3.63) is 17.8 Å². The SMILES string of the molecule is O=C(O)c1ocnc1C1CCS(=O)(=O)CC1. The molecule has 0 radical (unpaired) electrons. The monoisotopic (exact) mass is 245 g/mol. The van der Waals surface area contributed by atoms with E-state index in [9.17, 15) is 13.2 Å². The van der Waals surface area contributed by atoms with Gasteiger partial charge in [-0.05, 0) is 12.8 Å². The van der Waals surface area contributed by atoms with E-state index in [0.717, 1.165) is 6.39 Å². The summed E-state index contributed by atoms with van der Waals surface area (Å²) in [6.07, 6.45) is 1.91. The summed E-state index contributed by atoms with van der Waals surface area (Å²) in [5, 5.41) is 8.84. The summed E-state index contributed by atoms with van der Waals surface area (Å²) < 4.78 is 27.2. The molecule has 16 heavy (non-hydrogen) atoms. The van der Waals surface area contributed by atoms with Gasteiger partial charge < -0.3 is 9.52 Å². The zero-order valence-corrected chi connectivity index (χ0v) is 9.24. The Kier molecular flexibility index (Phi) is 2.71. The van der Waals surface area contributed by atoms with Gasteiger partial charge in [0.2, 0.25) is 5.76 Å². The van der Waals surface area contributed by atoms with Gasteiger partial charge in [-0.2, -0.15) is 0 Å². The van der Waals surface area contributed by atoms with Crippen molar-refractivity contribution < 1.29 is 22.7 Å². The fourth-order valence-electron chi connectivity index (χ4n) is 1.87. The van der Waals surface area contributed by atoms with Crippen LogP contribution in [0.3, 0.4) is 0 Å². The largest absolute Gasteiger partial charge is 0.475 e. The number of rotatable bonds is 2. The number of carboxylic acid groups (broad SMARTS) is 1. The van der Waals surface area contributed by atoms with Gasteiger partial charge in [0.05, 0.1) is 17.2 Å². The lowest BCUT2D eigenvalue weighted by atomic mass is 9.97. The molecule has 0 saturated carbocycles. The van der Waals surface area contributed by atoms with Gasteiger partial charge in [0.25, 0.3) is 0 Å². The molecule has 1 aromatic rings. The first kappa shape index (κ1) is 11.1. The van der Waals surface area contributed by atoms with E-state index in [1.165, 1.54) is 0 Å². The second-order valence-electron chi connectivity index (χ2n) is 3.80. The fraction of sp³-hybridized carbons (Fsp3) is 0.556. The minimum Gasteiger partial charge on any atom is -0.475 e. The molecule has 2 heterocycles. The maximum absolute atomic E-state index is 11.2. The number of hydrogen-bond acceptors (Lipinski definition) is 5. The summed E-state index contributed by atoms with van der Waals surface area (Å²) in [5.74, 6) is -1.30. The Hall–Kier alpha value is -1.37. The highest BCUT2D eigenvalue weighted by molar-refractivity contribution is 7.91. The second-order valence-corrected chi connectivity index (χ2v) is 6.10. The van der Waals surface area contributed by atoms with Gasteiger partial charge in [-0.3, -0.25) is 0 Å². The Morgan fingerprint density at radius 2 is 2.06 bits per heavy atom. The highest BCUT2D eigenvalue weighted by Crippen LogP contribution is 2.30. The smallest absolute Gasteiger partial charge is 0.373 e. The van der Waals surface area contributed by atoms with Gasteiger partial charge in [-0.15, -0.1) is 0 Å². The molecular formula is C9H11NO5S. The number of oxazole rings is 1. The molecule has 0 aliphatic carbocycles. The first-order chi connectivity index (χ1) is 7.49. The van der Waals surface area contributed by atoms with Crippen molar-refractivity contribution in [1.82, 2.24) is 4.98 Å². The minimum absolute atomic E-state index is 0.0869. The van der Waals surface area contributed by atoms with E-state index in [1.54, 1.807) is 0 Å². The van der Waals surface area contributed by atoms with E-state index in [4.69, 9.17) is 9.52 Å². The molecule has 7 heteroatoms. The van der Waals surface area contributed by atoms with Crippen molar-refractivity contribution >= 4 is 15.8 Å². The van der Waals surface area contributed by atoms with Crippen molar-refractivity contribution in [2.45, 2.75) is 18.8 Å². The molecule has 1 aliphatic rings. The molecular weight excluding hydrogens is 234 g/mol. The lowest BCUT2D eigenvalue weighted by Gasteiger charge is -2.20. The molecule has 1 aromatic heterocycles. The van der Waals surface area contributed by atoms with Crippen molar-refractivity contribution in [1.29, 1.82) is 0 Å². The number of carboxylic acids is 1. The van der Waals surface area contributed by atoms with E-state index in [1.807, 2.05) is 0 Å². The summed E-state index contributed by atoms with van der Waals surface area (Å²) in [6, 6.07) is 0. The third-order valence-corrected chi connectivity index (χ3v) is 4.45. The van der Waals surface area contributed by atoms with Gasteiger partial charge in [-0.1, -0.05) is 0 Å². The van der Waals surface area contributed by atoms with E-state index in [-0.39, 0.29) is 23.2 Å². The van der Waals surface area contributed by atoms with Crippen molar-refractivity contribution in [2.75, 3.05) is 11.5 Å². The van der Waals surface area contributed by atoms with E-state index < -0.39 is 15.8 Å². The minimum atomic E-state index is -2.95. The molecule has 2 rings (SSSR count). The Balaban J connectivity index is 2.20. The van der Waals surface area contributed by atoms with Crippen LogP contribution in [0.4, 0.5) is 0 Å². The maximum Gasteiger partial charge on any atom is 0.373 e. The standard InChI is InChI=1S/C9H11NO5S/c11-9(12)8-7(10-5-15-8)6-1-3-16(13,14)4-2-6/h5-6H,1-4H2,(H,11,12). The predicted octanol–water partition coefficient (Wildman–Crippen LogP) is 0.665. The van der Waals surface area contributed by atoms with Crippen LogP contribution < -0.4 is 0 Å². The number of hydrogen-bond donors (Lipinski definition) is 1. The van der Waals surface area contributed by atoms with Crippen LogP contribution in [0.15, 0.2) is 10.8 Å². The van der Waals surface area contributed by atoms with Gasteiger partial charge in [0.15, 0.2) is 6.39 Å². The summed E-state index contributed by atoms with van der Waals surface area (Å²) in [5.41, 5.74) is 0.363. The van der Waals surface area contributed by atoms with E-state index in [0.29, 0.717) is 18.5 Å². The summed E-state index contributed by atoms with van der Waals surface area (Å²) in [4.78, 5) is 14.7. The molecule has 1 N–H and O–H groups in total. The fourth-order valence-corrected chi connectivity index (χ4v) is 3.36. The van der Waals surface area contributed by atoms with Crippen molar-refractivity contribution in [3.63, 3.8) is 0 Å². The quantitative estimate of drug-likeness (QED) is 0.822. The lowest BCUT2D eigenvalue weighted by Crippen LogP contribution is -2.23. The zero-order chi connectivity index (χ0) is 11.8. The van der Waals surface area contributed by atoms with Gasteiger partial charge >= 0.3 is 5.97 Å². The second kappa shape index (κ2) is 3.89. The summed E-state index contributed by atoms with van der Waals surface area (Å²) in [6.45, 7) is 0. The molecule has 0 atom stereocenters. The lowest BCUT2D eigenvalue weighted by molar-refractivity contribution is 0.0660.